The number of nitrogens with two attached hydrogens (primary N) is 1. The Morgan fingerprint density at radius 1 is 1.50 bits per heavy atom. The van der Waals surface area contributed by atoms with Crippen molar-refractivity contribution in [3.63, 3.8) is 0 Å². The molecular weight excluding hydrogens is 242 g/mol. The van der Waals surface area contributed by atoms with E-state index in [1.807, 2.05) is 6.07 Å². The molecule has 1 heterocycles. The fourth-order valence-corrected chi connectivity index (χ4v) is 3.73. The molecule has 0 aliphatic heterocycles. The average Bonchev–Trinajstić information content (AvgIpc) is 2.82. The van der Waals surface area contributed by atoms with Gasteiger partial charge in [-0.15, -0.1) is 11.3 Å². The minimum absolute atomic E-state index is 0.348. The number of nitrogens with one attached hydrogen (secondary N) is 1. The fourth-order valence-electron chi connectivity index (χ4n) is 2.71. The Balaban J connectivity index is 1.78. The average molecular weight is 261 g/mol. The summed E-state index contributed by atoms with van der Waals surface area (Å²) in [5, 5.41) is 1.18. The van der Waals surface area contributed by atoms with E-state index in [9.17, 15) is 0 Å². The molecule has 1 saturated carbocycles. The molecule has 1 fully saturated rings. The number of hydrazine groups is 1. The lowest BCUT2D eigenvalue weighted by molar-refractivity contribution is 0.408. The van der Waals surface area contributed by atoms with Gasteiger partial charge in [-0.2, -0.15) is 0 Å². The Bertz CT molecular complexity index is 528. The van der Waals surface area contributed by atoms with Crippen LogP contribution >= 0.6 is 11.3 Å². The quantitative estimate of drug-likeness (QED) is 0.657. The zero-order valence-corrected chi connectivity index (χ0v) is 11.6. The lowest BCUT2D eigenvalue weighted by Gasteiger charge is -2.16. The van der Waals surface area contributed by atoms with Crippen molar-refractivity contribution in [3.8, 4) is 0 Å². The largest absolute Gasteiger partial charge is 0.271 e. The predicted octanol–water partition coefficient (Wildman–Crippen LogP) is 2.72. The van der Waals surface area contributed by atoms with Crippen LogP contribution in [0.25, 0.3) is 10.2 Å². The van der Waals surface area contributed by atoms with Crippen molar-refractivity contribution in [3.05, 3.63) is 29.3 Å². The van der Waals surface area contributed by atoms with Gasteiger partial charge in [0, 0.05) is 12.5 Å². The summed E-state index contributed by atoms with van der Waals surface area (Å²) in [6.45, 7) is 4.61. The van der Waals surface area contributed by atoms with Gasteiger partial charge in [0.1, 0.15) is 0 Å². The first-order chi connectivity index (χ1) is 8.60. The Labute approximate surface area is 111 Å². The number of rotatable bonds is 4. The molecular formula is C14H19N3S. The smallest absolute Gasteiger partial charge is 0.0954 e. The van der Waals surface area contributed by atoms with Crippen molar-refractivity contribution in [1.29, 1.82) is 0 Å². The first-order valence-electron chi connectivity index (χ1n) is 6.41. The molecule has 0 radical (unpaired) electrons. The number of benzene rings is 1. The number of nitrogens with zero attached hydrogens (tertiary/aromatic N) is 1. The third-order valence-corrected chi connectivity index (χ3v) is 5.08. The molecule has 3 nitrogen and oxygen atoms in total. The third kappa shape index (κ3) is 2.16. The molecule has 1 aromatic heterocycles. The van der Waals surface area contributed by atoms with Gasteiger partial charge in [0.15, 0.2) is 0 Å². The summed E-state index contributed by atoms with van der Waals surface area (Å²) in [4.78, 5) is 4.68. The highest BCUT2D eigenvalue weighted by molar-refractivity contribution is 7.18. The second kappa shape index (κ2) is 4.30. The maximum absolute atomic E-state index is 5.70. The highest BCUT2D eigenvalue weighted by Gasteiger charge is 2.49. The molecule has 2 atom stereocenters. The van der Waals surface area contributed by atoms with E-state index in [1.165, 1.54) is 16.1 Å². The summed E-state index contributed by atoms with van der Waals surface area (Å²) in [7, 11) is 0. The first-order valence-corrected chi connectivity index (χ1v) is 7.22. The molecule has 3 rings (SSSR count). The van der Waals surface area contributed by atoms with Crippen LogP contribution < -0.4 is 11.3 Å². The van der Waals surface area contributed by atoms with E-state index in [4.69, 9.17) is 5.84 Å². The molecule has 1 aromatic carbocycles. The summed E-state index contributed by atoms with van der Waals surface area (Å²) in [5.41, 5.74) is 4.52. The van der Waals surface area contributed by atoms with E-state index < -0.39 is 0 Å². The molecule has 1 aliphatic carbocycles. The zero-order chi connectivity index (χ0) is 12.8. The third-order valence-electron chi connectivity index (χ3n) is 4.02. The molecule has 0 spiro atoms. The van der Waals surface area contributed by atoms with Crippen LogP contribution in [0.3, 0.4) is 0 Å². The van der Waals surface area contributed by atoms with Crippen molar-refractivity contribution >= 4 is 21.6 Å². The lowest BCUT2D eigenvalue weighted by atomic mass is 10.0. The van der Waals surface area contributed by atoms with Gasteiger partial charge in [-0.25, -0.2) is 4.98 Å². The molecule has 1 aliphatic rings. The fraction of sp³-hybridized carbons (Fsp3) is 0.500. The summed E-state index contributed by atoms with van der Waals surface area (Å²) in [6.07, 6.45) is 2.19. The topological polar surface area (TPSA) is 50.9 Å². The van der Waals surface area contributed by atoms with Crippen molar-refractivity contribution in [1.82, 2.24) is 10.4 Å². The summed E-state index contributed by atoms with van der Waals surface area (Å²) in [5.74, 6) is 6.38. The Kier molecular flexibility index (Phi) is 2.88. The van der Waals surface area contributed by atoms with E-state index in [-0.39, 0.29) is 0 Å². The number of para-hydroxylation sites is 1. The van der Waals surface area contributed by atoms with Gasteiger partial charge < -0.3 is 0 Å². The molecule has 0 bridgehead atoms. The van der Waals surface area contributed by atoms with Gasteiger partial charge in [-0.3, -0.25) is 11.3 Å². The lowest BCUT2D eigenvalue weighted by Crippen LogP contribution is -2.39. The molecule has 4 heteroatoms. The van der Waals surface area contributed by atoms with Gasteiger partial charge in [0.25, 0.3) is 0 Å². The van der Waals surface area contributed by atoms with Crippen LogP contribution in [-0.2, 0) is 6.42 Å². The van der Waals surface area contributed by atoms with Crippen molar-refractivity contribution in [2.45, 2.75) is 32.7 Å². The number of fused-ring (bicyclic) bond motifs is 1. The molecule has 2 aromatic rings. The summed E-state index contributed by atoms with van der Waals surface area (Å²) < 4.78 is 1.26. The van der Waals surface area contributed by atoms with Crippen LogP contribution in [0.2, 0.25) is 0 Å². The van der Waals surface area contributed by atoms with E-state index in [0.29, 0.717) is 17.4 Å². The maximum atomic E-state index is 5.70. The summed E-state index contributed by atoms with van der Waals surface area (Å²) >= 11 is 1.78. The van der Waals surface area contributed by atoms with Gasteiger partial charge in [0.2, 0.25) is 0 Å². The van der Waals surface area contributed by atoms with Crippen LogP contribution in [0.5, 0.6) is 0 Å². The Hall–Kier alpha value is -0.970. The predicted molar refractivity (Wildman–Crippen MR) is 76.3 cm³/mol. The van der Waals surface area contributed by atoms with Crippen LogP contribution in [0.4, 0.5) is 0 Å². The van der Waals surface area contributed by atoms with Crippen molar-refractivity contribution in [2.75, 3.05) is 0 Å². The van der Waals surface area contributed by atoms with Crippen LogP contribution in [0.15, 0.2) is 24.3 Å². The number of thiazole rings is 1. The van der Waals surface area contributed by atoms with Gasteiger partial charge >= 0.3 is 0 Å². The first kappa shape index (κ1) is 12.1. The van der Waals surface area contributed by atoms with Crippen molar-refractivity contribution < 1.29 is 0 Å². The molecule has 3 N–H and O–H groups in total. The number of hydrogen-bond donors (Lipinski definition) is 2. The van der Waals surface area contributed by atoms with Gasteiger partial charge in [0.05, 0.1) is 15.2 Å². The zero-order valence-electron chi connectivity index (χ0n) is 10.8. The second-order valence-electron chi connectivity index (χ2n) is 5.85. The van der Waals surface area contributed by atoms with Gasteiger partial charge in [-0.1, -0.05) is 26.0 Å². The molecule has 0 amide bonds. The summed E-state index contributed by atoms with van der Waals surface area (Å²) in [6, 6.07) is 8.64. The number of hydrogen-bond acceptors (Lipinski definition) is 4. The minimum Gasteiger partial charge on any atom is -0.271 e. The van der Waals surface area contributed by atoms with E-state index in [1.54, 1.807) is 11.3 Å². The molecule has 0 saturated heterocycles. The number of aromatic nitrogens is 1. The molecule has 96 valence electrons. The second-order valence-corrected chi connectivity index (χ2v) is 6.97. The highest BCUT2D eigenvalue weighted by atomic mass is 32.1. The Morgan fingerprint density at radius 2 is 2.22 bits per heavy atom. The standard InChI is InChI=1S/C14H19N3S/c1-14(2)8-9(14)11(17-15)7-13-16-10-5-3-4-6-12(10)18-13/h3-6,9,11,17H,7-8,15H2,1-2H3. The minimum atomic E-state index is 0.348. The monoisotopic (exact) mass is 261 g/mol. The van der Waals surface area contributed by atoms with Crippen LogP contribution in [0, 0.1) is 11.3 Å². The van der Waals surface area contributed by atoms with Crippen LogP contribution in [-0.4, -0.2) is 11.0 Å². The van der Waals surface area contributed by atoms with Crippen molar-refractivity contribution in [2.24, 2.45) is 17.2 Å². The molecule has 18 heavy (non-hydrogen) atoms. The maximum Gasteiger partial charge on any atom is 0.0954 e. The SMILES string of the molecule is CC1(C)CC1C(Cc1nc2ccccc2s1)NN. The Morgan fingerprint density at radius 3 is 2.83 bits per heavy atom. The normalized spacial score (nSPS) is 23.2. The molecule has 2 unspecified atom stereocenters. The van der Waals surface area contributed by atoms with E-state index in [0.717, 1.165) is 11.9 Å². The van der Waals surface area contributed by atoms with E-state index >= 15 is 0 Å². The highest BCUT2D eigenvalue weighted by Crippen LogP contribution is 2.54. The van der Waals surface area contributed by atoms with Gasteiger partial charge in [-0.05, 0) is 29.9 Å². The van der Waals surface area contributed by atoms with Crippen LogP contribution in [0.1, 0.15) is 25.3 Å². The van der Waals surface area contributed by atoms with E-state index in [2.05, 4.69) is 42.5 Å².